The zero-order chi connectivity index (χ0) is 19.7. The Labute approximate surface area is 164 Å². The Bertz CT molecular complexity index is 1170. The largest absolute Gasteiger partial charge is 0.353 e. The molecule has 4 rings (SSSR count). The first-order chi connectivity index (χ1) is 13.5. The van der Waals surface area contributed by atoms with Crippen molar-refractivity contribution in [3.05, 3.63) is 69.5 Å². The first-order valence-corrected chi connectivity index (χ1v) is 9.30. The van der Waals surface area contributed by atoms with Crippen LogP contribution in [0.25, 0.3) is 10.8 Å². The molecule has 4 aromatic rings. The van der Waals surface area contributed by atoms with Crippen LogP contribution in [0.1, 0.15) is 10.6 Å². The fourth-order valence-corrected chi connectivity index (χ4v) is 3.64. The molecule has 0 radical (unpaired) electrons. The number of thiazole rings is 1. The van der Waals surface area contributed by atoms with Crippen molar-refractivity contribution in [3.63, 3.8) is 0 Å². The van der Waals surface area contributed by atoms with Crippen LogP contribution in [0.5, 0.6) is 0 Å². The third kappa shape index (κ3) is 3.35. The number of aromatic nitrogens is 3. The van der Waals surface area contributed by atoms with E-state index in [1.165, 1.54) is 17.7 Å². The predicted octanol–water partition coefficient (Wildman–Crippen LogP) is 5.10. The third-order valence-corrected chi connectivity index (χ3v) is 5.29. The smallest absolute Gasteiger partial charge is 0.334 e. The first-order valence-electron chi connectivity index (χ1n) is 8.48. The second-order valence-corrected chi connectivity index (χ2v) is 7.32. The maximum absolute atomic E-state index is 11.8. The highest BCUT2D eigenvalue weighted by molar-refractivity contribution is 7.15. The summed E-state index contributed by atoms with van der Waals surface area (Å²) < 4.78 is 0. The number of hydrogen-bond acceptors (Lipinski definition) is 8. The summed E-state index contributed by atoms with van der Waals surface area (Å²) in [6, 6.07) is 13.5. The SMILES string of the molecule is Cc1nc(Nc2ncnc(Nc3cccc4ccccc34)c2[N+](=O)[O-])sc1C. The van der Waals surface area contributed by atoms with Gasteiger partial charge in [0.1, 0.15) is 6.33 Å². The van der Waals surface area contributed by atoms with E-state index in [4.69, 9.17) is 0 Å². The highest BCUT2D eigenvalue weighted by Crippen LogP contribution is 2.35. The second kappa shape index (κ2) is 7.20. The molecule has 0 fully saturated rings. The van der Waals surface area contributed by atoms with Gasteiger partial charge >= 0.3 is 5.69 Å². The van der Waals surface area contributed by atoms with Crippen LogP contribution >= 0.6 is 11.3 Å². The molecule has 0 saturated carbocycles. The summed E-state index contributed by atoms with van der Waals surface area (Å²) in [4.78, 5) is 24.9. The Morgan fingerprint density at radius 2 is 1.71 bits per heavy atom. The summed E-state index contributed by atoms with van der Waals surface area (Å²) in [6.45, 7) is 3.83. The quantitative estimate of drug-likeness (QED) is 0.359. The van der Waals surface area contributed by atoms with Gasteiger partial charge in [-0.3, -0.25) is 10.1 Å². The van der Waals surface area contributed by atoms with Crippen molar-refractivity contribution < 1.29 is 4.92 Å². The number of nitrogens with one attached hydrogen (secondary N) is 2. The van der Waals surface area contributed by atoms with E-state index in [-0.39, 0.29) is 17.3 Å². The highest BCUT2D eigenvalue weighted by atomic mass is 32.1. The number of nitro groups is 1. The van der Waals surface area contributed by atoms with Crippen molar-refractivity contribution in [1.29, 1.82) is 0 Å². The first kappa shape index (κ1) is 17.8. The van der Waals surface area contributed by atoms with Gasteiger partial charge in [0, 0.05) is 16.0 Å². The van der Waals surface area contributed by atoms with E-state index < -0.39 is 4.92 Å². The average Bonchev–Trinajstić information content (AvgIpc) is 2.99. The van der Waals surface area contributed by atoms with Crippen molar-refractivity contribution in [2.24, 2.45) is 0 Å². The van der Waals surface area contributed by atoms with E-state index in [0.29, 0.717) is 5.13 Å². The molecule has 0 aliphatic rings. The molecule has 0 saturated heterocycles. The number of anilines is 4. The molecule has 9 heteroatoms. The van der Waals surface area contributed by atoms with Crippen LogP contribution in [0.3, 0.4) is 0 Å². The van der Waals surface area contributed by atoms with Crippen LogP contribution in [0.2, 0.25) is 0 Å². The normalized spacial score (nSPS) is 10.8. The number of hydrogen-bond donors (Lipinski definition) is 2. The molecular formula is C19H16N6O2S. The third-order valence-electron chi connectivity index (χ3n) is 4.30. The number of aryl methyl sites for hydroxylation is 2. The van der Waals surface area contributed by atoms with Crippen molar-refractivity contribution in [2.75, 3.05) is 10.6 Å². The zero-order valence-corrected chi connectivity index (χ0v) is 15.9. The van der Waals surface area contributed by atoms with Crippen LogP contribution in [-0.2, 0) is 0 Å². The lowest BCUT2D eigenvalue weighted by molar-refractivity contribution is -0.383. The van der Waals surface area contributed by atoms with Gasteiger partial charge in [-0.15, -0.1) is 11.3 Å². The second-order valence-electron chi connectivity index (χ2n) is 6.11. The number of rotatable bonds is 5. The topological polar surface area (TPSA) is 106 Å². The van der Waals surface area contributed by atoms with Gasteiger partial charge in [0.25, 0.3) is 0 Å². The molecule has 2 aromatic carbocycles. The van der Waals surface area contributed by atoms with Crippen LogP contribution in [-0.4, -0.2) is 19.9 Å². The van der Waals surface area contributed by atoms with Crippen LogP contribution in [0.4, 0.5) is 28.1 Å². The predicted molar refractivity (Wildman–Crippen MR) is 111 cm³/mol. The van der Waals surface area contributed by atoms with Gasteiger partial charge in [-0.05, 0) is 25.3 Å². The van der Waals surface area contributed by atoms with Crippen molar-refractivity contribution in [3.8, 4) is 0 Å². The molecule has 140 valence electrons. The molecule has 0 unspecified atom stereocenters. The van der Waals surface area contributed by atoms with E-state index >= 15 is 0 Å². The van der Waals surface area contributed by atoms with Gasteiger partial charge in [-0.25, -0.2) is 15.0 Å². The number of benzene rings is 2. The Kier molecular flexibility index (Phi) is 4.58. The van der Waals surface area contributed by atoms with E-state index in [0.717, 1.165) is 27.0 Å². The van der Waals surface area contributed by atoms with Gasteiger partial charge in [0.05, 0.1) is 10.6 Å². The van der Waals surface area contributed by atoms with Crippen LogP contribution in [0.15, 0.2) is 48.8 Å². The van der Waals surface area contributed by atoms with E-state index in [1.54, 1.807) is 0 Å². The van der Waals surface area contributed by atoms with Crippen molar-refractivity contribution in [2.45, 2.75) is 13.8 Å². The van der Waals surface area contributed by atoms with E-state index in [9.17, 15) is 10.1 Å². The van der Waals surface area contributed by atoms with Crippen LogP contribution in [0, 0.1) is 24.0 Å². The molecule has 28 heavy (non-hydrogen) atoms. The molecule has 0 aliphatic heterocycles. The van der Waals surface area contributed by atoms with Gasteiger partial charge in [-0.1, -0.05) is 36.4 Å². The van der Waals surface area contributed by atoms with Gasteiger partial charge in [-0.2, -0.15) is 0 Å². The minimum atomic E-state index is -0.497. The Morgan fingerprint density at radius 3 is 2.43 bits per heavy atom. The van der Waals surface area contributed by atoms with E-state index in [1.807, 2.05) is 56.3 Å². The Balaban J connectivity index is 1.75. The minimum absolute atomic E-state index is 0.0940. The number of fused-ring (bicyclic) bond motifs is 1. The summed E-state index contributed by atoms with van der Waals surface area (Å²) in [7, 11) is 0. The monoisotopic (exact) mass is 392 g/mol. The summed E-state index contributed by atoms with van der Waals surface area (Å²) in [5.41, 5.74) is 1.37. The van der Waals surface area contributed by atoms with Gasteiger partial charge < -0.3 is 10.6 Å². The average molecular weight is 392 g/mol. The minimum Gasteiger partial charge on any atom is -0.334 e. The van der Waals surface area contributed by atoms with E-state index in [2.05, 4.69) is 25.6 Å². The van der Waals surface area contributed by atoms with Crippen molar-refractivity contribution in [1.82, 2.24) is 15.0 Å². The van der Waals surface area contributed by atoms with Crippen LogP contribution < -0.4 is 10.6 Å². The summed E-state index contributed by atoms with van der Waals surface area (Å²) in [6.07, 6.45) is 1.29. The lowest BCUT2D eigenvalue weighted by Crippen LogP contribution is -2.05. The lowest BCUT2D eigenvalue weighted by atomic mass is 10.1. The Hall–Kier alpha value is -3.59. The summed E-state index contributed by atoms with van der Waals surface area (Å²) in [5.74, 6) is 0.209. The molecule has 2 aromatic heterocycles. The molecule has 8 nitrogen and oxygen atoms in total. The zero-order valence-electron chi connectivity index (χ0n) is 15.1. The maximum Gasteiger partial charge on any atom is 0.353 e. The molecule has 0 atom stereocenters. The molecule has 2 heterocycles. The standard InChI is InChI=1S/C19H16N6O2S/c1-11-12(2)28-19(22-11)24-18-16(25(26)27)17(20-10-21-18)23-15-9-5-7-13-6-3-4-8-14(13)15/h3-10H,1-2H3,(H2,20,21,22,23,24). The maximum atomic E-state index is 11.8. The summed E-state index contributed by atoms with van der Waals surface area (Å²) >= 11 is 1.42. The molecule has 0 amide bonds. The molecular weight excluding hydrogens is 376 g/mol. The number of nitrogens with zero attached hydrogens (tertiary/aromatic N) is 4. The highest BCUT2D eigenvalue weighted by Gasteiger charge is 2.24. The molecule has 0 spiro atoms. The Morgan fingerprint density at radius 1 is 1.00 bits per heavy atom. The van der Waals surface area contributed by atoms with Gasteiger partial charge in [0.2, 0.25) is 11.6 Å². The molecule has 2 N–H and O–H groups in total. The van der Waals surface area contributed by atoms with Gasteiger partial charge in [0.15, 0.2) is 5.13 Å². The fraction of sp³-hybridized carbons (Fsp3) is 0.105. The molecule has 0 bridgehead atoms. The molecule has 0 aliphatic carbocycles. The fourth-order valence-electron chi connectivity index (χ4n) is 2.82. The lowest BCUT2D eigenvalue weighted by Gasteiger charge is -2.11. The summed E-state index contributed by atoms with van der Waals surface area (Å²) in [5, 5.41) is 20.3. The van der Waals surface area contributed by atoms with Crippen molar-refractivity contribution >= 4 is 50.3 Å².